The molecule has 0 aliphatic heterocycles. The molecule has 0 aliphatic rings. The molecule has 2 aromatic rings. The molecule has 72 valence electrons. The highest BCUT2D eigenvalue weighted by Gasteiger charge is 2.10. The monoisotopic (exact) mass is 207 g/mol. The van der Waals surface area contributed by atoms with Crippen molar-refractivity contribution < 1.29 is 0 Å². The second-order valence-corrected chi connectivity index (χ2v) is 3.46. The lowest BCUT2D eigenvalue weighted by Crippen LogP contribution is -1.96. The summed E-state index contributed by atoms with van der Waals surface area (Å²) in [6, 6.07) is 7.57. The summed E-state index contributed by atoms with van der Waals surface area (Å²) in [5.41, 5.74) is 8.21. The van der Waals surface area contributed by atoms with Crippen molar-refractivity contribution in [1.29, 1.82) is 0 Å². The summed E-state index contributed by atoms with van der Waals surface area (Å²) in [6.07, 6.45) is 1.62. The molecule has 0 saturated heterocycles. The lowest BCUT2D eigenvalue weighted by molar-refractivity contribution is 0.776. The summed E-state index contributed by atoms with van der Waals surface area (Å²) < 4.78 is 1.72. The second kappa shape index (κ2) is 3.35. The average Bonchev–Trinajstić information content (AvgIpc) is 2.48. The van der Waals surface area contributed by atoms with Crippen LogP contribution in [0.3, 0.4) is 0 Å². The standard InChI is InChI=1S/C10H10ClN3/c1-14-10(9(12)6-13-14)7-4-2-3-5-8(7)11/h2-6H,12H2,1H3. The lowest BCUT2D eigenvalue weighted by Gasteiger charge is -2.05. The zero-order valence-electron chi connectivity index (χ0n) is 7.74. The minimum absolute atomic E-state index is 0.639. The molecule has 1 aromatic carbocycles. The first-order valence-corrected chi connectivity index (χ1v) is 4.60. The second-order valence-electron chi connectivity index (χ2n) is 3.05. The first-order valence-electron chi connectivity index (χ1n) is 4.22. The summed E-state index contributed by atoms with van der Waals surface area (Å²) in [7, 11) is 1.84. The van der Waals surface area contributed by atoms with Gasteiger partial charge in [-0.25, -0.2) is 0 Å². The molecule has 0 saturated carbocycles. The van der Waals surface area contributed by atoms with E-state index in [1.54, 1.807) is 10.9 Å². The molecule has 0 bridgehead atoms. The molecule has 0 radical (unpaired) electrons. The van der Waals surface area contributed by atoms with Crippen LogP contribution >= 0.6 is 11.6 Å². The maximum atomic E-state index is 6.06. The fourth-order valence-electron chi connectivity index (χ4n) is 1.44. The van der Waals surface area contributed by atoms with E-state index in [4.69, 9.17) is 17.3 Å². The van der Waals surface area contributed by atoms with E-state index in [1.807, 2.05) is 31.3 Å². The van der Waals surface area contributed by atoms with Crippen LogP contribution in [-0.2, 0) is 7.05 Å². The van der Waals surface area contributed by atoms with E-state index in [1.165, 1.54) is 0 Å². The summed E-state index contributed by atoms with van der Waals surface area (Å²) in [5.74, 6) is 0. The summed E-state index contributed by atoms with van der Waals surface area (Å²) in [6.45, 7) is 0. The van der Waals surface area contributed by atoms with E-state index >= 15 is 0 Å². The number of halogens is 1. The third kappa shape index (κ3) is 1.36. The van der Waals surface area contributed by atoms with E-state index < -0.39 is 0 Å². The Morgan fingerprint density at radius 1 is 1.36 bits per heavy atom. The third-order valence-electron chi connectivity index (χ3n) is 2.10. The first kappa shape index (κ1) is 9.09. The fraction of sp³-hybridized carbons (Fsp3) is 0.100. The van der Waals surface area contributed by atoms with Crippen LogP contribution in [0.25, 0.3) is 11.3 Å². The van der Waals surface area contributed by atoms with Crippen molar-refractivity contribution in [1.82, 2.24) is 9.78 Å². The molecule has 2 N–H and O–H groups in total. The molecule has 1 aromatic heterocycles. The van der Waals surface area contributed by atoms with Gasteiger partial charge in [-0.2, -0.15) is 5.10 Å². The Bertz CT molecular complexity index is 443. The number of anilines is 1. The maximum Gasteiger partial charge on any atom is 0.0923 e. The van der Waals surface area contributed by atoms with Gasteiger partial charge >= 0.3 is 0 Å². The number of aryl methyl sites for hydroxylation is 1. The third-order valence-corrected chi connectivity index (χ3v) is 2.43. The van der Waals surface area contributed by atoms with Gasteiger partial charge in [-0.1, -0.05) is 29.8 Å². The molecule has 0 aliphatic carbocycles. The number of benzene rings is 1. The molecule has 0 atom stereocenters. The van der Waals surface area contributed by atoms with Gasteiger partial charge < -0.3 is 5.73 Å². The largest absolute Gasteiger partial charge is 0.396 e. The zero-order chi connectivity index (χ0) is 10.1. The molecular weight excluding hydrogens is 198 g/mol. The molecule has 0 amide bonds. The lowest BCUT2D eigenvalue weighted by atomic mass is 10.1. The highest BCUT2D eigenvalue weighted by atomic mass is 35.5. The van der Waals surface area contributed by atoms with Gasteiger partial charge in [0.1, 0.15) is 0 Å². The van der Waals surface area contributed by atoms with Crippen LogP contribution in [0.15, 0.2) is 30.5 Å². The molecule has 0 fully saturated rings. The number of rotatable bonds is 1. The number of aromatic nitrogens is 2. The van der Waals surface area contributed by atoms with Crippen molar-refractivity contribution in [3.8, 4) is 11.3 Å². The molecule has 2 rings (SSSR count). The van der Waals surface area contributed by atoms with Crippen molar-refractivity contribution in [3.05, 3.63) is 35.5 Å². The topological polar surface area (TPSA) is 43.8 Å². The van der Waals surface area contributed by atoms with Crippen LogP contribution in [0.4, 0.5) is 5.69 Å². The van der Waals surface area contributed by atoms with Crippen LogP contribution in [-0.4, -0.2) is 9.78 Å². The van der Waals surface area contributed by atoms with Crippen LogP contribution < -0.4 is 5.73 Å². The molecule has 0 spiro atoms. The predicted molar refractivity (Wildman–Crippen MR) is 58.1 cm³/mol. The molecule has 0 unspecified atom stereocenters. The normalized spacial score (nSPS) is 10.4. The average molecular weight is 208 g/mol. The summed E-state index contributed by atoms with van der Waals surface area (Å²) in [5, 5.41) is 4.75. The van der Waals surface area contributed by atoms with Crippen molar-refractivity contribution >= 4 is 17.3 Å². The Labute approximate surface area is 87.1 Å². The Balaban J connectivity index is 2.66. The van der Waals surface area contributed by atoms with E-state index in [9.17, 15) is 0 Å². The van der Waals surface area contributed by atoms with Gasteiger partial charge in [0.05, 0.1) is 22.6 Å². The number of nitrogens with zero attached hydrogens (tertiary/aromatic N) is 2. The van der Waals surface area contributed by atoms with Gasteiger partial charge in [-0.3, -0.25) is 4.68 Å². The molecule has 3 nitrogen and oxygen atoms in total. The van der Waals surface area contributed by atoms with Crippen LogP contribution in [0.5, 0.6) is 0 Å². The van der Waals surface area contributed by atoms with Crippen LogP contribution in [0, 0.1) is 0 Å². The Kier molecular flexibility index (Phi) is 2.17. The van der Waals surface area contributed by atoms with Crippen molar-refractivity contribution in [2.24, 2.45) is 7.05 Å². The minimum atomic E-state index is 0.639. The molecule has 14 heavy (non-hydrogen) atoms. The molecule has 4 heteroatoms. The summed E-state index contributed by atoms with van der Waals surface area (Å²) in [4.78, 5) is 0. The fourth-order valence-corrected chi connectivity index (χ4v) is 1.66. The first-order chi connectivity index (χ1) is 6.70. The van der Waals surface area contributed by atoms with Crippen molar-refractivity contribution in [3.63, 3.8) is 0 Å². The van der Waals surface area contributed by atoms with Crippen molar-refractivity contribution in [2.75, 3.05) is 5.73 Å². The van der Waals surface area contributed by atoms with Crippen LogP contribution in [0.1, 0.15) is 0 Å². The Morgan fingerprint density at radius 2 is 2.07 bits per heavy atom. The van der Waals surface area contributed by atoms with Gasteiger partial charge in [0.15, 0.2) is 0 Å². The summed E-state index contributed by atoms with van der Waals surface area (Å²) >= 11 is 6.06. The Hall–Kier alpha value is -1.48. The molecular formula is C10H10ClN3. The van der Waals surface area contributed by atoms with Gasteiger partial charge in [-0.15, -0.1) is 0 Å². The molecule has 1 heterocycles. The minimum Gasteiger partial charge on any atom is -0.396 e. The van der Waals surface area contributed by atoms with E-state index in [-0.39, 0.29) is 0 Å². The van der Waals surface area contributed by atoms with Gasteiger partial charge in [-0.05, 0) is 6.07 Å². The van der Waals surface area contributed by atoms with Gasteiger partial charge in [0, 0.05) is 12.6 Å². The quantitative estimate of drug-likeness (QED) is 0.780. The number of nitrogen functional groups attached to an aromatic ring is 1. The number of hydrogen-bond acceptors (Lipinski definition) is 2. The van der Waals surface area contributed by atoms with Gasteiger partial charge in [0.2, 0.25) is 0 Å². The maximum absolute atomic E-state index is 6.06. The van der Waals surface area contributed by atoms with E-state index in [0.717, 1.165) is 11.3 Å². The smallest absolute Gasteiger partial charge is 0.0923 e. The zero-order valence-corrected chi connectivity index (χ0v) is 8.49. The highest BCUT2D eigenvalue weighted by Crippen LogP contribution is 2.30. The number of hydrogen-bond donors (Lipinski definition) is 1. The van der Waals surface area contributed by atoms with E-state index in [2.05, 4.69) is 5.10 Å². The highest BCUT2D eigenvalue weighted by molar-refractivity contribution is 6.33. The van der Waals surface area contributed by atoms with Crippen LogP contribution in [0.2, 0.25) is 5.02 Å². The Morgan fingerprint density at radius 3 is 2.64 bits per heavy atom. The predicted octanol–water partition coefficient (Wildman–Crippen LogP) is 2.32. The van der Waals surface area contributed by atoms with Gasteiger partial charge in [0.25, 0.3) is 0 Å². The van der Waals surface area contributed by atoms with Crippen molar-refractivity contribution in [2.45, 2.75) is 0 Å². The van der Waals surface area contributed by atoms with E-state index in [0.29, 0.717) is 10.7 Å². The number of nitrogens with two attached hydrogens (primary N) is 1. The SMILES string of the molecule is Cn1ncc(N)c1-c1ccccc1Cl.